The quantitative estimate of drug-likeness (QED) is 0.758. The standard InChI is InChI=1S/C15H28N2/c1-4-11-17-13-14(3,5-2)16-12-15(17)9-7-6-8-10-15/h4,16H,1,5-13H2,2-3H3. The highest BCUT2D eigenvalue weighted by Crippen LogP contribution is 2.37. The Kier molecular flexibility index (Phi) is 3.94. The van der Waals surface area contributed by atoms with Crippen molar-refractivity contribution in [1.82, 2.24) is 10.2 Å². The largest absolute Gasteiger partial charge is 0.308 e. The van der Waals surface area contributed by atoms with Gasteiger partial charge >= 0.3 is 0 Å². The average Bonchev–Trinajstić information content (AvgIpc) is 2.36. The second-order valence-corrected chi connectivity index (χ2v) is 6.22. The number of hydrogen-bond donors (Lipinski definition) is 1. The molecule has 0 aromatic rings. The molecule has 0 aromatic heterocycles. The van der Waals surface area contributed by atoms with E-state index in [0.717, 1.165) is 6.54 Å². The summed E-state index contributed by atoms with van der Waals surface area (Å²) in [4.78, 5) is 2.71. The van der Waals surface area contributed by atoms with E-state index in [1.54, 1.807) is 0 Å². The lowest BCUT2D eigenvalue weighted by molar-refractivity contribution is -0.00705. The van der Waals surface area contributed by atoms with Gasteiger partial charge in [0.15, 0.2) is 0 Å². The van der Waals surface area contributed by atoms with E-state index >= 15 is 0 Å². The summed E-state index contributed by atoms with van der Waals surface area (Å²) in [6.45, 7) is 12.0. The molecule has 1 saturated heterocycles. The molecule has 0 aromatic carbocycles. The predicted octanol–water partition coefficient (Wildman–Crippen LogP) is 2.95. The molecule has 1 aliphatic heterocycles. The normalized spacial score (nSPS) is 33.8. The maximum atomic E-state index is 3.94. The van der Waals surface area contributed by atoms with Gasteiger partial charge in [0, 0.05) is 30.7 Å². The van der Waals surface area contributed by atoms with Gasteiger partial charge in [0.2, 0.25) is 0 Å². The molecule has 98 valence electrons. The number of hydrogen-bond acceptors (Lipinski definition) is 2. The van der Waals surface area contributed by atoms with Crippen LogP contribution in [0.5, 0.6) is 0 Å². The summed E-state index contributed by atoms with van der Waals surface area (Å²) in [5.74, 6) is 0. The van der Waals surface area contributed by atoms with Crippen molar-refractivity contribution < 1.29 is 0 Å². The van der Waals surface area contributed by atoms with Crippen LogP contribution in [0.1, 0.15) is 52.4 Å². The van der Waals surface area contributed by atoms with Crippen LogP contribution in [0.3, 0.4) is 0 Å². The Morgan fingerprint density at radius 3 is 2.59 bits per heavy atom. The lowest BCUT2D eigenvalue weighted by Crippen LogP contribution is -2.69. The van der Waals surface area contributed by atoms with Gasteiger partial charge in [0.25, 0.3) is 0 Å². The van der Waals surface area contributed by atoms with Gasteiger partial charge in [-0.15, -0.1) is 6.58 Å². The SMILES string of the molecule is C=CCN1CC(C)(CC)NCC12CCCCC2. The summed E-state index contributed by atoms with van der Waals surface area (Å²) in [7, 11) is 0. The van der Waals surface area contributed by atoms with Crippen molar-refractivity contribution in [2.24, 2.45) is 0 Å². The van der Waals surface area contributed by atoms with Crippen LogP contribution in [0.25, 0.3) is 0 Å². The molecule has 0 amide bonds. The van der Waals surface area contributed by atoms with Crippen molar-refractivity contribution in [3.63, 3.8) is 0 Å². The first-order valence-corrected chi connectivity index (χ1v) is 7.25. The van der Waals surface area contributed by atoms with Gasteiger partial charge in [-0.1, -0.05) is 32.3 Å². The second-order valence-electron chi connectivity index (χ2n) is 6.22. The zero-order valence-electron chi connectivity index (χ0n) is 11.6. The van der Waals surface area contributed by atoms with Gasteiger partial charge in [-0.3, -0.25) is 4.90 Å². The molecule has 2 heteroatoms. The fourth-order valence-electron chi connectivity index (χ4n) is 3.49. The van der Waals surface area contributed by atoms with Crippen molar-refractivity contribution in [2.75, 3.05) is 19.6 Å². The molecular weight excluding hydrogens is 208 g/mol. The van der Waals surface area contributed by atoms with Gasteiger partial charge in [-0.05, 0) is 26.2 Å². The minimum Gasteiger partial charge on any atom is -0.308 e. The van der Waals surface area contributed by atoms with E-state index in [0.29, 0.717) is 11.1 Å². The Hall–Kier alpha value is -0.340. The zero-order valence-corrected chi connectivity index (χ0v) is 11.6. The first-order valence-electron chi connectivity index (χ1n) is 7.25. The monoisotopic (exact) mass is 236 g/mol. The van der Waals surface area contributed by atoms with Crippen molar-refractivity contribution in [3.8, 4) is 0 Å². The Morgan fingerprint density at radius 2 is 2.00 bits per heavy atom. The molecule has 0 bridgehead atoms. The van der Waals surface area contributed by atoms with Crippen molar-refractivity contribution in [3.05, 3.63) is 12.7 Å². The third kappa shape index (κ3) is 2.58. The van der Waals surface area contributed by atoms with Crippen LogP contribution in [0, 0.1) is 0 Å². The molecule has 1 spiro atoms. The topological polar surface area (TPSA) is 15.3 Å². The van der Waals surface area contributed by atoms with Crippen molar-refractivity contribution in [1.29, 1.82) is 0 Å². The molecule has 1 atom stereocenters. The van der Waals surface area contributed by atoms with Gasteiger partial charge in [-0.2, -0.15) is 0 Å². The Bertz CT molecular complexity index is 268. The highest BCUT2D eigenvalue weighted by atomic mass is 15.3. The maximum Gasteiger partial charge on any atom is 0.0338 e. The Labute approximate surface area is 106 Å². The Balaban J connectivity index is 2.13. The molecule has 1 unspecified atom stereocenters. The number of piperazine rings is 1. The molecule has 2 aliphatic rings. The molecule has 2 fully saturated rings. The minimum absolute atomic E-state index is 0.297. The van der Waals surface area contributed by atoms with E-state index in [9.17, 15) is 0 Å². The van der Waals surface area contributed by atoms with Crippen molar-refractivity contribution >= 4 is 0 Å². The molecule has 1 heterocycles. The van der Waals surface area contributed by atoms with E-state index in [-0.39, 0.29) is 0 Å². The number of rotatable bonds is 3. The third-order valence-corrected chi connectivity index (χ3v) is 4.97. The highest BCUT2D eigenvalue weighted by Gasteiger charge is 2.44. The second kappa shape index (κ2) is 5.11. The number of nitrogens with one attached hydrogen (secondary N) is 1. The van der Waals surface area contributed by atoms with E-state index in [4.69, 9.17) is 0 Å². The van der Waals surface area contributed by atoms with Gasteiger partial charge in [0.1, 0.15) is 0 Å². The maximum absolute atomic E-state index is 3.94. The fraction of sp³-hybridized carbons (Fsp3) is 0.867. The summed E-state index contributed by atoms with van der Waals surface area (Å²) in [5.41, 5.74) is 0.729. The van der Waals surface area contributed by atoms with Crippen LogP contribution in [-0.4, -0.2) is 35.6 Å². The smallest absolute Gasteiger partial charge is 0.0338 e. The first-order chi connectivity index (χ1) is 8.14. The third-order valence-electron chi connectivity index (χ3n) is 4.97. The first kappa shape index (κ1) is 13.1. The van der Waals surface area contributed by atoms with Crippen LogP contribution in [0.15, 0.2) is 12.7 Å². The average molecular weight is 236 g/mol. The predicted molar refractivity (Wildman–Crippen MR) is 74.3 cm³/mol. The number of nitrogens with zero attached hydrogens (tertiary/aromatic N) is 1. The van der Waals surface area contributed by atoms with E-state index < -0.39 is 0 Å². The highest BCUT2D eigenvalue weighted by molar-refractivity contribution is 5.05. The summed E-state index contributed by atoms with van der Waals surface area (Å²) in [6.07, 6.45) is 10.3. The van der Waals surface area contributed by atoms with Gasteiger partial charge < -0.3 is 5.32 Å². The van der Waals surface area contributed by atoms with Crippen LogP contribution in [0.2, 0.25) is 0 Å². The van der Waals surface area contributed by atoms with Crippen LogP contribution < -0.4 is 5.32 Å². The molecule has 2 nitrogen and oxygen atoms in total. The molecule has 17 heavy (non-hydrogen) atoms. The van der Waals surface area contributed by atoms with Crippen LogP contribution >= 0.6 is 0 Å². The molecule has 1 aliphatic carbocycles. The van der Waals surface area contributed by atoms with Crippen LogP contribution in [0.4, 0.5) is 0 Å². The summed E-state index contributed by atoms with van der Waals surface area (Å²) in [6, 6.07) is 0. The van der Waals surface area contributed by atoms with E-state index in [1.807, 2.05) is 0 Å². The summed E-state index contributed by atoms with van der Waals surface area (Å²) < 4.78 is 0. The van der Waals surface area contributed by atoms with E-state index in [2.05, 4.69) is 36.7 Å². The molecule has 1 N–H and O–H groups in total. The molecule has 1 saturated carbocycles. The Morgan fingerprint density at radius 1 is 1.29 bits per heavy atom. The zero-order chi connectivity index (χ0) is 12.4. The van der Waals surface area contributed by atoms with E-state index in [1.165, 1.54) is 51.6 Å². The molecular formula is C15H28N2. The summed E-state index contributed by atoms with van der Waals surface area (Å²) in [5, 5.41) is 3.82. The fourth-order valence-corrected chi connectivity index (χ4v) is 3.49. The van der Waals surface area contributed by atoms with Gasteiger partial charge in [0.05, 0.1) is 0 Å². The molecule has 2 rings (SSSR count). The lowest BCUT2D eigenvalue weighted by atomic mass is 9.76. The molecule has 0 radical (unpaired) electrons. The summed E-state index contributed by atoms with van der Waals surface area (Å²) >= 11 is 0. The van der Waals surface area contributed by atoms with Crippen LogP contribution in [-0.2, 0) is 0 Å². The lowest BCUT2D eigenvalue weighted by Gasteiger charge is -2.55. The van der Waals surface area contributed by atoms with Gasteiger partial charge in [-0.25, -0.2) is 0 Å². The van der Waals surface area contributed by atoms with Crippen molar-refractivity contribution in [2.45, 2.75) is 63.5 Å². The minimum atomic E-state index is 0.297.